The molecule has 1 aliphatic heterocycles. The molecule has 0 aliphatic carbocycles. The van der Waals surface area contributed by atoms with Gasteiger partial charge in [0.25, 0.3) is 0 Å². The third-order valence-electron chi connectivity index (χ3n) is 5.32. The number of Topliss-reactive ketones (excluding diaryl/α,β-unsaturated/α-hetero) is 1. The highest BCUT2D eigenvalue weighted by atomic mass is 16.1. The van der Waals surface area contributed by atoms with Gasteiger partial charge in [-0.2, -0.15) is 5.10 Å². The number of fused-ring (bicyclic) bond motifs is 1. The summed E-state index contributed by atoms with van der Waals surface area (Å²) in [4.78, 5) is 19.4. The molecule has 1 saturated heterocycles. The lowest BCUT2D eigenvalue weighted by atomic mass is 9.90. The summed E-state index contributed by atoms with van der Waals surface area (Å²) in [6.45, 7) is 2.02. The van der Waals surface area contributed by atoms with Gasteiger partial charge in [-0.05, 0) is 56.6 Å². The number of aryl methyl sites for hydroxylation is 1. The van der Waals surface area contributed by atoms with E-state index in [1.807, 2.05) is 25.5 Å². The molecule has 1 aliphatic rings. The molecule has 26 heavy (non-hydrogen) atoms. The number of hydrogen-bond donors (Lipinski definition) is 0. The molecule has 1 aromatic carbocycles. The first-order valence-electron chi connectivity index (χ1n) is 9.18. The van der Waals surface area contributed by atoms with Crippen LogP contribution in [0.25, 0.3) is 22.0 Å². The van der Waals surface area contributed by atoms with Crippen LogP contribution in [0, 0.1) is 5.92 Å². The lowest BCUT2D eigenvalue weighted by Crippen LogP contribution is -2.34. The van der Waals surface area contributed by atoms with Gasteiger partial charge in [0.05, 0.1) is 5.69 Å². The molecule has 4 rings (SSSR count). The second-order valence-electron chi connectivity index (χ2n) is 7.33. The maximum atomic E-state index is 12.6. The fraction of sp³-hybridized carbons (Fsp3) is 0.381. The molecule has 0 radical (unpaired) electrons. The third-order valence-corrected chi connectivity index (χ3v) is 5.32. The first-order valence-corrected chi connectivity index (χ1v) is 9.18. The SMILES string of the molecule is CN1CCC(C(=O)Cc2cc3cc(-c4ccn(C)n4)ccc3cn2)CC1. The van der Waals surface area contributed by atoms with Gasteiger partial charge in [-0.25, -0.2) is 0 Å². The lowest BCUT2D eigenvalue weighted by Gasteiger charge is -2.27. The van der Waals surface area contributed by atoms with Crippen molar-refractivity contribution in [2.24, 2.45) is 13.0 Å². The van der Waals surface area contributed by atoms with Crippen molar-refractivity contribution < 1.29 is 4.79 Å². The Morgan fingerprint density at radius 1 is 1.12 bits per heavy atom. The molecule has 0 atom stereocenters. The van der Waals surface area contributed by atoms with Gasteiger partial charge in [0.2, 0.25) is 0 Å². The second kappa shape index (κ2) is 7.00. The number of aromatic nitrogens is 3. The van der Waals surface area contributed by atoms with Gasteiger partial charge in [0.1, 0.15) is 5.78 Å². The Morgan fingerprint density at radius 3 is 2.65 bits per heavy atom. The largest absolute Gasteiger partial charge is 0.306 e. The maximum Gasteiger partial charge on any atom is 0.142 e. The standard InChI is InChI=1S/C21H24N4O/c1-24-8-5-15(6-9-24)21(26)13-19-12-18-11-16(3-4-17(18)14-22-19)20-7-10-25(2)23-20/h3-4,7,10-12,14-15H,5-6,8-9,13H2,1-2H3. The van der Waals surface area contributed by atoms with Crippen LogP contribution in [0.15, 0.2) is 42.7 Å². The van der Waals surface area contributed by atoms with Crippen molar-refractivity contribution in [1.29, 1.82) is 0 Å². The first-order chi connectivity index (χ1) is 12.6. The number of pyridine rings is 1. The van der Waals surface area contributed by atoms with Crippen molar-refractivity contribution in [3.8, 4) is 11.3 Å². The van der Waals surface area contributed by atoms with Gasteiger partial charge in [-0.1, -0.05) is 12.1 Å². The summed E-state index contributed by atoms with van der Waals surface area (Å²) < 4.78 is 1.80. The zero-order valence-corrected chi connectivity index (χ0v) is 15.4. The Kier molecular flexibility index (Phi) is 4.55. The molecule has 3 aromatic rings. The van der Waals surface area contributed by atoms with Gasteiger partial charge in [-0.15, -0.1) is 0 Å². The predicted octanol–water partition coefficient (Wildman–Crippen LogP) is 3.09. The molecule has 0 unspecified atom stereocenters. The third kappa shape index (κ3) is 3.53. The lowest BCUT2D eigenvalue weighted by molar-refractivity contribution is -0.123. The van der Waals surface area contributed by atoms with Crippen LogP contribution >= 0.6 is 0 Å². The molecular weight excluding hydrogens is 324 g/mol. The highest BCUT2D eigenvalue weighted by Crippen LogP contribution is 2.24. The van der Waals surface area contributed by atoms with Crippen LogP contribution in [0.4, 0.5) is 0 Å². The predicted molar refractivity (Wildman–Crippen MR) is 103 cm³/mol. The van der Waals surface area contributed by atoms with E-state index in [1.54, 1.807) is 4.68 Å². The van der Waals surface area contributed by atoms with Crippen LogP contribution in [-0.2, 0) is 18.3 Å². The first kappa shape index (κ1) is 16.9. The maximum absolute atomic E-state index is 12.6. The van der Waals surface area contributed by atoms with E-state index < -0.39 is 0 Å². The zero-order chi connectivity index (χ0) is 18.1. The molecule has 134 valence electrons. The van der Waals surface area contributed by atoms with Crippen molar-refractivity contribution in [1.82, 2.24) is 19.7 Å². The molecular formula is C21H24N4O. The highest BCUT2D eigenvalue weighted by Gasteiger charge is 2.23. The monoisotopic (exact) mass is 348 g/mol. The van der Waals surface area contributed by atoms with Crippen LogP contribution in [0.2, 0.25) is 0 Å². The number of carbonyl (C=O) groups excluding carboxylic acids is 1. The number of carbonyl (C=O) groups is 1. The molecule has 0 N–H and O–H groups in total. The van der Waals surface area contributed by atoms with Gasteiger partial charge in [-0.3, -0.25) is 14.5 Å². The Labute approximate surface area is 153 Å². The van der Waals surface area contributed by atoms with Gasteiger partial charge < -0.3 is 4.90 Å². The van der Waals surface area contributed by atoms with Crippen LogP contribution in [-0.4, -0.2) is 45.6 Å². The summed E-state index contributed by atoms with van der Waals surface area (Å²) in [5, 5.41) is 6.66. The van der Waals surface area contributed by atoms with Crippen LogP contribution in [0.5, 0.6) is 0 Å². The van der Waals surface area contributed by atoms with Crippen molar-refractivity contribution in [3.63, 3.8) is 0 Å². The van der Waals surface area contributed by atoms with E-state index in [2.05, 4.69) is 46.3 Å². The molecule has 1 fully saturated rings. The molecule has 0 spiro atoms. The molecule has 0 saturated carbocycles. The Morgan fingerprint density at radius 2 is 1.92 bits per heavy atom. The van der Waals surface area contributed by atoms with E-state index in [1.165, 1.54) is 0 Å². The number of likely N-dealkylation sites (tertiary alicyclic amines) is 1. The zero-order valence-electron chi connectivity index (χ0n) is 15.4. The van der Waals surface area contributed by atoms with Gasteiger partial charge in [0.15, 0.2) is 0 Å². The number of piperidine rings is 1. The minimum atomic E-state index is 0.184. The molecule has 0 amide bonds. The van der Waals surface area contributed by atoms with Crippen LogP contribution < -0.4 is 0 Å². The minimum absolute atomic E-state index is 0.184. The Hall–Kier alpha value is -2.53. The highest BCUT2D eigenvalue weighted by molar-refractivity contribution is 5.88. The number of rotatable bonds is 4. The summed E-state index contributed by atoms with van der Waals surface area (Å²) in [6.07, 6.45) is 6.17. The number of ketones is 1. The second-order valence-corrected chi connectivity index (χ2v) is 7.33. The fourth-order valence-electron chi connectivity index (χ4n) is 3.66. The van der Waals surface area contributed by atoms with Gasteiger partial charge >= 0.3 is 0 Å². The summed E-state index contributed by atoms with van der Waals surface area (Å²) in [6, 6.07) is 10.3. The Balaban J connectivity index is 1.55. The van der Waals surface area contributed by atoms with Crippen LogP contribution in [0.3, 0.4) is 0 Å². The van der Waals surface area contributed by atoms with Gasteiger partial charge in [0, 0.05) is 48.4 Å². The number of benzene rings is 1. The van der Waals surface area contributed by atoms with E-state index in [4.69, 9.17) is 0 Å². The molecule has 2 aromatic heterocycles. The quantitative estimate of drug-likeness (QED) is 0.727. The van der Waals surface area contributed by atoms with Crippen molar-refractivity contribution in [3.05, 3.63) is 48.4 Å². The van der Waals surface area contributed by atoms with E-state index in [0.717, 1.165) is 53.7 Å². The van der Waals surface area contributed by atoms with Crippen molar-refractivity contribution in [2.75, 3.05) is 20.1 Å². The molecule has 3 heterocycles. The molecule has 0 bridgehead atoms. The minimum Gasteiger partial charge on any atom is -0.306 e. The number of nitrogens with zero attached hydrogens (tertiary/aromatic N) is 4. The van der Waals surface area contributed by atoms with Crippen molar-refractivity contribution >= 4 is 16.6 Å². The normalized spacial score (nSPS) is 16.2. The smallest absolute Gasteiger partial charge is 0.142 e. The number of hydrogen-bond acceptors (Lipinski definition) is 4. The summed E-state index contributed by atoms with van der Waals surface area (Å²) >= 11 is 0. The summed E-state index contributed by atoms with van der Waals surface area (Å²) in [7, 11) is 4.03. The Bertz CT molecular complexity index is 938. The average molecular weight is 348 g/mol. The molecule has 5 nitrogen and oxygen atoms in total. The molecule has 5 heteroatoms. The topological polar surface area (TPSA) is 51.0 Å². The summed E-state index contributed by atoms with van der Waals surface area (Å²) in [5.74, 6) is 0.509. The van der Waals surface area contributed by atoms with Crippen molar-refractivity contribution in [2.45, 2.75) is 19.3 Å². The van der Waals surface area contributed by atoms with E-state index in [-0.39, 0.29) is 5.92 Å². The van der Waals surface area contributed by atoms with E-state index >= 15 is 0 Å². The van der Waals surface area contributed by atoms with E-state index in [9.17, 15) is 4.79 Å². The summed E-state index contributed by atoms with van der Waals surface area (Å²) in [5.41, 5.74) is 2.90. The van der Waals surface area contributed by atoms with E-state index in [0.29, 0.717) is 12.2 Å². The van der Waals surface area contributed by atoms with Crippen LogP contribution in [0.1, 0.15) is 18.5 Å². The average Bonchev–Trinajstić information content (AvgIpc) is 3.08. The fourth-order valence-corrected chi connectivity index (χ4v) is 3.66.